The molecule has 0 radical (unpaired) electrons. The van der Waals surface area contributed by atoms with Crippen LogP contribution in [0.5, 0.6) is 5.75 Å². The zero-order valence-corrected chi connectivity index (χ0v) is 12.8. The summed E-state index contributed by atoms with van der Waals surface area (Å²) in [5.41, 5.74) is 1.36. The minimum atomic E-state index is 0.146. The van der Waals surface area contributed by atoms with Crippen molar-refractivity contribution in [3.63, 3.8) is 0 Å². The van der Waals surface area contributed by atoms with Gasteiger partial charge in [-0.2, -0.15) is 0 Å². The normalized spacial score (nSPS) is 13.4. The highest BCUT2D eigenvalue weighted by molar-refractivity contribution is 6.32. The van der Waals surface area contributed by atoms with Crippen LogP contribution >= 0.6 is 11.6 Å². The first-order valence-electron chi connectivity index (χ1n) is 6.47. The third-order valence-corrected chi connectivity index (χ3v) is 3.27. The third-order valence-electron chi connectivity index (χ3n) is 2.97. The first-order chi connectivity index (χ1) is 8.40. The summed E-state index contributed by atoms with van der Waals surface area (Å²) in [7, 11) is 1.64. The molecule has 1 aromatic carbocycles. The molecule has 102 valence electrons. The summed E-state index contributed by atoms with van der Waals surface area (Å²) in [6.07, 6.45) is 1.12. The van der Waals surface area contributed by atoms with Gasteiger partial charge in [0, 0.05) is 6.04 Å². The fourth-order valence-corrected chi connectivity index (χ4v) is 2.34. The quantitative estimate of drug-likeness (QED) is 0.854. The van der Waals surface area contributed by atoms with Crippen LogP contribution in [0.25, 0.3) is 0 Å². The summed E-state index contributed by atoms with van der Waals surface area (Å²) in [4.78, 5) is 0. The van der Waals surface area contributed by atoms with Gasteiger partial charge in [0.05, 0.1) is 12.1 Å². The second-order valence-electron chi connectivity index (χ2n) is 5.65. The molecule has 0 aliphatic carbocycles. The van der Waals surface area contributed by atoms with Crippen molar-refractivity contribution >= 4 is 11.6 Å². The SMILES string of the molecule is CCCNC(c1ccc(OC)c(Cl)c1)C(C)(C)C. The zero-order valence-electron chi connectivity index (χ0n) is 12.0. The van der Waals surface area contributed by atoms with Crippen molar-refractivity contribution in [1.29, 1.82) is 0 Å². The molecule has 1 N–H and O–H groups in total. The second kappa shape index (κ2) is 6.44. The highest BCUT2D eigenvalue weighted by atomic mass is 35.5. The lowest BCUT2D eigenvalue weighted by atomic mass is 9.82. The number of ether oxygens (including phenoxy) is 1. The molecule has 0 spiro atoms. The molecule has 3 heteroatoms. The summed E-state index contributed by atoms with van der Waals surface area (Å²) < 4.78 is 5.19. The number of benzene rings is 1. The van der Waals surface area contributed by atoms with E-state index in [9.17, 15) is 0 Å². The Labute approximate surface area is 116 Å². The highest BCUT2D eigenvalue weighted by Gasteiger charge is 2.26. The lowest BCUT2D eigenvalue weighted by molar-refractivity contribution is 0.273. The van der Waals surface area contributed by atoms with Gasteiger partial charge in [0.15, 0.2) is 0 Å². The van der Waals surface area contributed by atoms with Crippen molar-refractivity contribution in [1.82, 2.24) is 5.32 Å². The van der Waals surface area contributed by atoms with E-state index in [2.05, 4.69) is 39.1 Å². The Balaban J connectivity index is 3.02. The fourth-order valence-electron chi connectivity index (χ4n) is 2.07. The standard InChI is InChI=1S/C15H24ClNO/c1-6-9-17-14(15(2,3)4)11-7-8-13(18-5)12(16)10-11/h7-8,10,14,17H,6,9H2,1-5H3. The predicted octanol–water partition coefficient (Wildman–Crippen LogP) is 4.44. The molecule has 1 atom stereocenters. The molecule has 1 aromatic rings. The molecule has 1 unspecified atom stereocenters. The van der Waals surface area contributed by atoms with Crippen LogP contribution in [0.3, 0.4) is 0 Å². The van der Waals surface area contributed by atoms with E-state index in [-0.39, 0.29) is 5.41 Å². The van der Waals surface area contributed by atoms with E-state index in [4.69, 9.17) is 16.3 Å². The molecule has 2 nitrogen and oxygen atoms in total. The maximum absolute atomic E-state index is 6.20. The van der Waals surface area contributed by atoms with E-state index < -0.39 is 0 Å². The molecule has 0 saturated heterocycles. The lowest BCUT2D eigenvalue weighted by Gasteiger charge is -2.32. The van der Waals surface area contributed by atoms with E-state index in [0.29, 0.717) is 11.1 Å². The van der Waals surface area contributed by atoms with Gasteiger partial charge in [-0.1, -0.05) is 45.4 Å². The largest absolute Gasteiger partial charge is 0.495 e. The van der Waals surface area contributed by atoms with Crippen LogP contribution in [0.15, 0.2) is 18.2 Å². The molecule has 0 heterocycles. The summed E-state index contributed by atoms with van der Waals surface area (Å²) in [5.74, 6) is 0.726. The minimum Gasteiger partial charge on any atom is -0.495 e. The maximum Gasteiger partial charge on any atom is 0.137 e. The first-order valence-corrected chi connectivity index (χ1v) is 6.84. The highest BCUT2D eigenvalue weighted by Crippen LogP contribution is 2.36. The Morgan fingerprint density at radius 1 is 1.33 bits per heavy atom. The van der Waals surface area contributed by atoms with E-state index in [1.807, 2.05) is 12.1 Å². The third kappa shape index (κ3) is 3.89. The van der Waals surface area contributed by atoms with Crippen molar-refractivity contribution < 1.29 is 4.74 Å². The van der Waals surface area contributed by atoms with Crippen LogP contribution in [-0.4, -0.2) is 13.7 Å². The van der Waals surface area contributed by atoms with Crippen molar-refractivity contribution in [3.05, 3.63) is 28.8 Å². The Morgan fingerprint density at radius 2 is 2.00 bits per heavy atom. The number of halogens is 1. The molecular weight excluding hydrogens is 246 g/mol. The second-order valence-corrected chi connectivity index (χ2v) is 6.05. The van der Waals surface area contributed by atoms with Crippen LogP contribution in [0, 0.1) is 5.41 Å². The number of hydrogen-bond donors (Lipinski definition) is 1. The predicted molar refractivity (Wildman–Crippen MR) is 78.5 cm³/mol. The van der Waals surface area contributed by atoms with Crippen LogP contribution in [-0.2, 0) is 0 Å². The monoisotopic (exact) mass is 269 g/mol. The molecule has 0 amide bonds. The summed E-state index contributed by atoms with van der Waals surface area (Å²) in [5, 5.41) is 4.26. The Kier molecular flexibility index (Phi) is 5.48. The molecule has 0 fully saturated rings. The van der Waals surface area contributed by atoms with Gasteiger partial charge < -0.3 is 10.1 Å². The Bertz CT molecular complexity index is 385. The molecule has 18 heavy (non-hydrogen) atoms. The smallest absolute Gasteiger partial charge is 0.137 e. The molecule has 1 rings (SSSR count). The van der Waals surface area contributed by atoms with Crippen molar-refractivity contribution in [3.8, 4) is 5.75 Å². The number of rotatable bonds is 5. The van der Waals surface area contributed by atoms with Gasteiger partial charge in [-0.3, -0.25) is 0 Å². The van der Waals surface area contributed by atoms with Crippen molar-refractivity contribution in [2.45, 2.75) is 40.2 Å². The fraction of sp³-hybridized carbons (Fsp3) is 0.600. The average Bonchev–Trinajstić information content (AvgIpc) is 2.28. The van der Waals surface area contributed by atoms with Gasteiger partial charge in [-0.15, -0.1) is 0 Å². The van der Waals surface area contributed by atoms with Crippen molar-refractivity contribution in [2.24, 2.45) is 5.41 Å². The van der Waals surface area contributed by atoms with Gasteiger partial charge in [0.25, 0.3) is 0 Å². The van der Waals surface area contributed by atoms with E-state index >= 15 is 0 Å². The van der Waals surface area contributed by atoms with Gasteiger partial charge in [-0.25, -0.2) is 0 Å². The first kappa shape index (κ1) is 15.3. The van der Waals surface area contributed by atoms with Gasteiger partial charge in [-0.05, 0) is 36.1 Å². The van der Waals surface area contributed by atoms with Gasteiger partial charge in [0.1, 0.15) is 5.75 Å². The number of nitrogens with one attached hydrogen (secondary N) is 1. The molecule has 0 bridgehead atoms. The molecular formula is C15H24ClNO. The summed E-state index contributed by atoms with van der Waals surface area (Å²) in [6.45, 7) is 9.88. The maximum atomic E-state index is 6.20. The van der Waals surface area contributed by atoms with E-state index in [1.165, 1.54) is 5.56 Å². The van der Waals surface area contributed by atoms with Crippen LogP contribution in [0.2, 0.25) is 5.02 Å². The number of hydrogen-bond acceptors (Lipinski definition) is 2. The summed E-state index contributed by atoms with van der Waals surface area (Å²) in [6, 6.07) is 6.31. The van der Waals surface area contributed by atoms with Gasteiger partial charge in [0.2, 0.25) is 0 Å². The van der Waals surface area contributed by atoms with Gasteiger partial charge >= 0.3 is 0 Å². The molecule has 0 aliphatic heterocycles. The average molecular weight is 270 g/mol. The zero-order chi connectivity index (χ0) is 13.8. The minimum absolute atomic E-state index is 0.146. The molecule has 0 saturated carbocycles. The van der Waals surface area contributed by atoms with E-state index in [0.717, 1.165) is 18.7 Å². The topological polar surface area (TPSA) is 21.3 Å². The lowest BCUT2D eigenvalue weighted by Crippen LogP contribution is -2.32. The Hall–Kier alpha value is -0.730. The number of methoxy groups -OCH3 is 1. The molecule has 0 aromatic heterocycles. The molecule has 0 aliphatic rings. The van der Waals surface area contributed by atoms with Crippen LogP contribution < -0.4 is 10.1 Å². The van der Waals surface area contributed by atoms with Crippen molar-refractivity contribution in [2.75, 3.05) is 13.7 Å². The van der Waals surface area contributed by atoms with E-state index in [1.54, 1.807) is 7.11 Å². The van der Waals surface area contributed by atoms with Crippen LogP contribution in [0.4, 0.5) is 0 Å². The Morgan fingerprint density at radius 3 is 2.44 bits per heavy atom. The summed E-state index contributed by atoms with van der Waals surface area (Å²) >= 11 is 6.20. The van der Waals surface area contributed by atoms with Crippen LogP contribution in [0.1, 0.15) is 45.7 Å².